The second-order valence-electron chi connectivity index (χ2n) is 4.99. The number of methoxy groups -OCH3 is 2. The van der Waals surface area contributed by atoms with E-state index in [1.54, 1.807) is 18.2 Å². The number of halogens is 1. The van der Waals surface area contributed by atoms with Gasteiger partial charge in [0.25, 0.3) is 5.69 Å². The maximum absolute atomic E-state index is 11.5. The molecule has 8 heteroatoms. The Morgan fingerprint density at radius 1 is 1.08 bits per heavy atom. The molecule has 1 heterocycles. The van der Waals surface area contributed by atoms with Crippen LogP contribution in [0.4, 0.5) is 5.69 Å². The largest absolute Gasteiger partial charge is 0.493 e. The monoisotopic (exact) mass is 444 g/mol. The first kappa shape index (κ1) is 19.2. The zero-order valence-electron chi connectivity index (χ0n) is 13.3. The Kier molecular flexibility index (Phi) is 6.00. The number of hydrogen-bond acceptors (Lipinski definition) is 5. The molecular weight excluding hydrogens is 432 g/mol. The van der Waals surface area contributed by atoms with Gasteiger partial charge in [-0.15, -0.1) is 0 Å². The van der Waals surface area contributed by atoms with E-state index in [9.17, 15) is 10.1 Å². The quantitative estimate of drug-likeness (QED) is 0.334. The molecule has 0 aliphatic carbocycles. The summed E-state index contributed by atoms with van der Waals surface area (Å²) >= 11 is 3.42. The van der Waals surface area contributed by atoms with Gasteiger partial charge >= 0.3 is 0 Å². The normalized spacial score (nSPS) is 10.2. The van der Waals surface area contributed by atoms with Crippen molar-refractivity contribution in [2.75, 3.05) is 14.2 Å². The molecule has 25 heavy (non-hydrogen) atoms. The van der Waals surface area contributed by atoms with Crippen LogP contribution in [0.3, 0.4) is 0 Å². The molecule has 130 valence electrons. The van der Waals surface area contributed by atoms with Crippen LogP contribution in [-0.4, -0.2) is 24.1 Å². The van der Waals surface area contributed by atoms with Crippen molar-refractivity contribution in [1.82, 2.24) is 4.98 Å². The number of fused-ring (bicyclic) bond motifs is 1. The van der Waals surface area contributed by atoms with Gasteiger partial charge in [-0.25, -0.2) is 4.98 Å². The summed E-state index contributed by atoms with van der Waals surface area (Å²) in [5, 5.41) is 12.1. The summed E-state index contributed by atoms with van der Waals surface area (Å²) in [4.78, 5) is 15.6. The van der Waals surface area contributed by atoms with E-state index in [0.717, 1.165) is 4.47 Å². The van der Waals surface area contributed by atoms with E-state index in [1.807, 2.05) is 18.2 Å². The van der Waals surface area contributed by atoms with Gasteiger partial charge in [0.1, 0.15) is 5.69 Å². The predicted molar refractivity (Wildman–Crippen MR) is 94.6 cm³/mol. The first-order valence-corrected chi connectivity index (χ1v) is 7.80. The van der Waals surface area contributed by atoms with Crippen LogP contribution in [0.15, 0.2) is 46.9 Å². The molecule has 0 aliphatic heterocycles. The van der Waals surface area contributed by atoms with Gasteiger partial charge in [-0.3, -0.25) is 10.1 Å². The molecule has 0 bridgehead atoms. The fraction of sp³-hybridized carbons (Fsp3) is 0.118. The molecule has 0 fully saturated rings. The van der Waals surface area contributed by atoms with Gasteiger partial charge in [-0.1, -0.05) is 34.1 Å². The molecular formula is C17H13BrFeN2O4. The van der Waals surface area contributed by atoms with Crippen molar-refractivity contribution >= 4 is 32.5 Å². The topological polar surface area (TPSA) is 74.5 Å². The fourth-order valence-electron chi connectivity index (χ4n) is 2.48. The van der Waals surface area contributed by atoms with Crippen molar-refractivity contribution in [3.05, 3.63) is 57.1 Å². The molecule has 3 rings (SSSR count). The van der Waals surface area contributed by atoms with Crippen molar-refractivity contribution in [3.63, 3.8) is 0 Å². The molecule has 0 atom stereocenters. The van der Waals surface area contributed by atoms with Gasteiger partial charge in [0.05, 0.1) is 24.7 Å². The maximum atomic E-state index is 11.5. The average molecular weight is 445 g/mol. The van der Waals surface area contributed by atoms with Crippen LogP contribution in [0.1, 0.15) is 0 Å². The molecule has 0 saturated heterocycles. The van der Waals surface area contributed by atoms with Crippen LogP contribution < -0.4 is 9.47 Å². The molecule has 2 aromatic carbocycles. The number of hydrogen-bond donors (Lipinski definition) is 0. The molecule has 6 nitrogen and oxygen atoms in total. The van der Waals surface area contributed by atoms with E-state index in [1.165, 1.54) is 20.3 Å². The minimum atomic E-state index is -0.433. The summed E-state index contributed by atoms with van der Waals surface area (Å²) in [5.74, 6) is 1.01. The molecule has 0 radical (unpaired) electrons. The van der Waals surface area contributed by atoms with Crippen molar-refractivity contribution in [2.45, 2.75) is 0 Å². The third-order valence-electron chi connectivity index (χ3n) is 3.63. The Morgan fingerprint density at radius 3 is 2.32 bits per heavy atom. The fourth-order valence-corrected chi connectivity index (χ4v) is 2.95. The minimum absolute atomic E-state index is 0. The van der Waals surface area contributed by atoms with Gasteiger partial charge in [-0.2, -0.15) is 0 Å². The first-order chi connectivity index (χ1) is 11.5. The Hall–Kier alpha value is -2.15. The molecule has 1 aromatic heterocycles. The Bertz CT molecular complexity index is 949. The number of pyridine rings is 1. The van der Waals surface area contributed by atoms with Crippen LogP contribution in [0.25, 0.3) is 22.2 Å². The maximum Gasteiger partial charge on any atom is 0.296 e. The summed E-state index contributed by atoms with van der Waals surface area (Å²) in [5.41, 5.74) is 1.47. The minimum Gasteiger partial charge on any atom is -0.493 e. The van der Waals surface area contributed by atoms with Gasteiger partial charge in [0, 0.05) is 44.6 Å². The SMILES string of the molecule is COc1cc2cc([N+](=O)[O-])c(-c3ccccc3Br)nc2cc1OC.[Fe]. The summed E-state index contributed by atoms with van der Waals surface area (Å²) < 4.78 is 11.3. The summed E-state index contributed by atoms with van der Waals surface area (Å²) in [7, 11) is 3.05. The molecule has 0 unspecified atom stereocenters. The van der Waals surface area contributed by atoms with Crippen molar-refractivity contribution in [2.24, 2.45) is 0 Å². The smallest absolute Gasteiger partial charge is 0.296 e. The van der Waals surface area contributed by atoms with Crippen LogP contribution in [0.2, 0.25) is 0 Å². The molecule has 0 saturated carbocycles. The summed E-state index contributed by atoms with van der Waals surface area (Å²) in [6.07, 6.45) is 0. The van der Waals surface area contributed by atoms with E-state index in [2.05, 4.69) is 20.9 Å². The third kappa shape index (κ3) is 3.61. The van der Waals surface area contributed by atoms with Crippen LogP contribution in [0, 0.1) is 10.1 Å². The van der Waals surface area contributed by atoms with E-state index in [0.29, 0.717) is 33.7 Å². The summed E-state index contributed by atoms with van der Waals surface area (Å²) in [6, 6.07) is 12.1. The zero-order valence-corrected chi connectivity index (χ0v) is 16.0. The molecule has 0 N–H and O–H groups in total. The van der Waals surface area contributed by atoms with E-state index >= 15 is 0 Å². The first-order valence-electron chi connectivity index (χ1n) is 7.01. The number of nitrogens with zero attached hydrogens (tertiary/aromatic N) is 2. The van der Waals surface area contributed by atoms with Crippen molar-refractivity contribution in [3.8, 4) is 22.8 Å². The van der Waals surface area contributed by atoms with Gasteiger partial charge in [0.15, 0.2) is 11.5 Å². The second-order valence-corrected chi connectivity index (χ2v) is 5.85. The number of ether oxygens (including phenoxy) is 2. The van der Waals surface area contributed by atoms with Crippen molar-refractivity contribution < 1.29 is 31.5 Å². The van der Waals surface area contributed by atoms with E-state index in [4.69, 9.17) is 9.47 Å². The molecule has 0 aliphatic rings. The predicted octanol–water partition coefficient (Wildman–Crippen LogP) is 4.59. The molecule has 0 spiro atoms. The Morgan fingerprint density at radius 2 is 1.72 bits per heavy atom. The average Bonchev–Trinajstić information content (AvgIpc) is 2.59. The molecule has 3 aromatic rings. The number of benzene rings is 2. The number of rotatable bonds is 4. The van der Waals surface area contributed by atoms with Crippen LogP contribution in [0.5, 0.6) is 11.5 Å². The molecule has 0 amide bonds. The van der Waals surface area contributed by atoms with Gasteiger partial charge in [-0.05, 0) is 12.1 Å². The number of nitro groups is 1. The second kappa shape index (κ2) is 7.82. The van der Waals surface area contributed by atoms with E-state index in [-0.39, 0.29) is 22.8 Å². The third-order valence-corrected chi connectivity index (χ3v) is 4.32. The van der Waals surface area contributed by atoms with Crippen LogP contribution in [-0.2, 0) is 17.1 Å². The van der Waals surface area contributed by atoms with Crippen LogP contribution >= 0.6 is 15.9 Å². The Balaban J connectivity index is 0.00000225. The van der Waals surface area contributed by atoms with Crippen molar-refractivity contribution in [1.29, 1.82) is 0 Å². The number of aromatic nitrogens is 1. The zero-order chi connectivity index (χ0) is 17.3. The van der Waals surface area contributed by atoms with Gasteiger partial charge in [0.2, 0.25) is 0 Å². The van der Waals surface area contributed by atoms with Gasteiger partial charge < -0.3 is 9.47 Å². The Labute approximate surface area is 162 Å². The summed E-state index contributed by atoms with van der Waals surface area (Å²) in [6.45, 7) is 0. The van der Waals surface area contributed by atoms with E-state index < -0.39 is 4.92 Å². The standard InChI is InChI=1S/C17H13BrN2O4.Fe/c1-23-15-8-10-7-14(20(21)22)17(11-5-3-4-6-12(11)18)19-13(10)9-16(15)24-2;/h3-9H,1-2H3;.